The van der Waals surface area contributed by atoms with Gasteiger partial charge in [0, 0.05) is 31.7 Å². The van der Waals surface area contributed by atoms with Crippen LogP contribution in [0.3, 0.4) is 0 Å². The number of likely N-dealkylation sites (tertiary alicyclic amines) is 1. The van der Waals surface area contributed by atoms with Gasteiger partial charge in [0.05, 0.1) is 18.2 Å². The molecule has 0 atom stereocenters. The van der Waals surface area contributed by atoms with E-state index in [0.717, 1.165) is 25.9 Å². The number of morpholine rings is 1. The molecule has 1 aromatic rings. The second-order valence-corrected chi connectivity index (χ2v) is 9.43. The van der Waals surface area contributed by atoms with Crippen molar-refractivity contribution in [2.45, 2.75) is 23.8 Å². The van der Waals surface area contributed by atoms with Crippen molar-refractivity contribution in [3.8, 4) is 0 Å². The molecule has 0 N–H and O–H groups in total. The van der Waals surface area contributed by atoms with E-state index in [1.807, 2.05) is 0 Å². The molecule has 0 saturated carbocycles. The van der Waals surface area contributed by atoms with Gasteiger partial charge in [0.2, 0.25) is 10.0 Å². The van der Waals surface area contributed by atoms with Crippen molar-refractivity contribution < 1.29 is 17.9 Å². The molecule has 2 heterocycles. The fourth-order valence-electron chi connectivity index (χ4n) is 3.51. The third kappa shape index (κ3) is 4.46. The molecule has 0 spiro atoms. The molecule has 2 aliphatic heterocycles. The molecule has 7 nitrogen and oxygen atoms in total. The van der Waals surface area contributed by atoms with Crippen LogP contribution in [0.25, 0.3) is 0 Å². The molecule has 2 fully saturated rings. The quantitative estimate of drug-likeness (QED) is 0.745. The first-order chi connectivity index (χ1) is 12.8. The maximum Gasteiger partial charge on any atom is 0.253 e. The lowest BCUT2D eigenvalue weighted by Gasteiger charge is -2.35. The summed E-state index contributed by atoms with van der Waals surface area (Å²) >= 11 is 6.18. The number of amides is 1. The maximum atomic E-state index is 12.9. The van der Waals surface area contributed by atoms with E-state index in [1.165, 1.54) is 16.4 Å². The number of sulfonamides is 1. The van der Waals surface area contributed by atoms with Crippen molar-refractivity contribution in [3.05, 3.63) is 28.8 Å². The lowest BCUT2D eigenvalue weighted by molar-refractivity contribution is 0.0659. The molecule has 0 aromatic heterocycles. The topological polar surface area (TPSA) is 70.2 Å². The van der Waals surface area contributed by atoms with Crippen LogP contribution in [0, 0.1) is 0 Å². The summed E-state index contributed by atoms with van der Waals surface area (Å²) in [4.78, 5) is 16.9. The molecule has 0 aliphatic carbocycles. The monoisotopic (exact) mass is 415 g/mol. The maximum absolute atomic E-state index is 12.9. The highest BCUT2D eigenvalue weighted by atomic mass is 35.5. The highest BCUT2D eigenvalue weighted by Gasteiger charge is 2.30. The Morgan fingerprint density at radius 2 is 1.81 bits per heavy atom. The summed E-state index contributed by atoms with van der Waals surface area (Å²) < 4.78 is 32.5. The highest BCUT2D eigenvalue weighted by Crippen LogP contribution is 2.27. The Balaban J connectivity index is 1.83. The molecule has 0 radical (unpaired) electrons. The number of benzene rings is 1. The Bertz CT molecular complexity index is 788. The average molecular weight is 416 g/mol. The first-order valence-corrected chi connectivity index (χ1v) is 11.0. The van der Waals surface area contributed by atoms with E-state index in [0.29, 0.717) is 18.8 Å². The second kappa shape index (κ2) is 8.45. The van der Waals surface area contributed by atoms with Gasteiger partial charge in [-0.2, -0.15) is 4.31 Å². The Morgan fingerprint density at radius 3 is 2.44 bits per heavy atom. The van der Waals surface area contributed by atoms with E-state index in [9.17, 15) is 13.2 Å². The Morgan fingerprint density at radius 1 is 1.19 bits per heavy atom. The van der Waals surface area contributed by atoms with Gasteiger partial charge in [0.25, 0.3) is 5.91 Å². The molecule has 2 aliphatic rings. The number of halogens is 1. The molecule has 0 unspecified atom stereocenters. The summed E-state index contributed by atoms with van der Waals surface area (Å²) in [5.74, 6) is -0.181. The summed E-state index contributed by atoms with van der Waals surface area (Å²) in [6.07, 6.45) is 1.82. The summed E-state index contributed by atoms with van der Waals surface area (Å²) in [6.45, 7) is 3.17. The molecule has 1 aromatic carbocycles. The van der Waals surface area contributed by atoms with Gasteiger partial charge in [-0.05, 0) is 51.2 Å². The molecule has 0 bridgehead atoms. The highest BCUT2D eigenvalue weighted by molar-refractivity contribution is 7.89. The van der Waals surface area contributed by atoms with Gasteiger partial charge in [0.15, 0.2) is 0 Å². The molecule has 9 heteroatoms. The van der Waals surface area contributed by atoms with Gasteiger partial charge in [0.1, 0.15) is 4.90 Å². The first kappa shape index (κ1) is 20.5. The Hall–Kier alpha value is -1.19. The van der Waals surface area contributed by atoms with E-state index in [1.54, 1.807) is 18.0 Å². The SMILES string of the molecule is CN1CCC(N(C)C(=O)c2ccc(Cl)c(S(=O)(=O)N3CCOCC3)c2)CC1. The van der Waals surface area contributed by atoms with Crippen molar-refractivity contribution in [2.24, 2.45) is 0 Å². The van der Waals surface area contributed by atoms with Crippen LogP contribution in [0.1, 0.15) is 23.2 Å². The summed E-state index contributed by atoms with van der Waals surface area (Å²) in [7, 11) is 0.0877. The number of rotatable bonds is 4. The average Bonchev–Trinajstić information content (AvgIpc) is 2.68. The van der Waals surface area contributed by atoms with Crippen LogP contribution in [0.5, 0.6) is 0 Å². The van der Waals surface area contributed by atoms with Crippen molar-refractivity contribution in [2.75, 3.05) is 53.5 Å². The third-order valence-corrected chi connectivity index (χ3v) is 7.70. The van der Waals surface area contributed by atoms with Crippen LogP contribution >= 0.6 is 11.6 Å². The number of carbonyl (C=O) groups excluding carboxylic acids is 1. The number of piperidine rings is 1. The predicted molar refractivity (Wildman–Crippen MR) is 104 cm³/mol. The fourth-order valence-corrected chi connectivity index (χ4v) is 5.42. The molecular formula is C18H26ClN3O4S. The second-order valence-electron chi connectivity index (χ2n) is 7.11. The van der Waals surface area contributed by atoms with Crippen LogP contribution in [0.2, 0.25) is 5.02 Å². The van der Waals surface area contributed by atoms with E-state index in [2.05, 4.69) is 11.9 Å². The van der Waals surface area contributed by atoms with E-state index in [4.69, 9.17) is 16.3 Å². The van der Waals surface area contributed by atoms with Gasteiger partial charge in [-0.15, -0.1) is 0 Å². The van der Waals surface area contributed by atoms with Crippen LogP contribution in [0.4, 0.5) is 0 Å². The summed E-state index contributed by atoms with van der Waals surface area (Å²) in [5, 5.41) is 0.125. The van der Waals surface area contributed by atoms with Gasteiger partial charge in [-0.25, -0.2) is 8.42 Å². The molecule has 27 heavy (non-hydrogen) atoms. The predicted octanol–water partition coefficient (Wildman–Crippen LogP) is 1.53. The molecule has 2 saturated heterocycles. The van der Waals surface area contributed by atoms with Crippen molar-refractivity contribution in [1.82, 2.24) is 14.1 Å². The van der Waals surface area contributed by atoms with Gasteiger partial charge in [-0.1, -0.05) is 11.6 Å². The largest absolute Gasteiger partial charge is 0.379 e. The van der Waals surface area contributed by atoms with Gasteiger partial charge >= 0.3 is 0 Å². The molecule has 3 rings (SSSR count). The van der Waals surface area contributed by atoms with Crippen LogP contribution in [0.15, 0.2) is 23.1 Å². The fraction of sp³-hybridized carbons (Fsp3) is 0.611. The zero-order valence-corrected chi connectivity index (χ0v) is 17.3. The minimum atomic E-state index is -3.76. The zero-order valence-electron chi connectivity index (χ0n) is 15.7. The van der Waals surface area contributed by atoms with Crippen LogP contribution in [-0.2, 0) is 14.8 Å². The first-order valence-electron chi connectivity index (χ1n) is 9.14. The van der Waals surface area contributed by atoms with Gasteiger partial charge < -0.3 is 14.5 Å². The van der Waals surface area contributed by atoms with E-state index in [-0.39, 0.29) is 35.0 Å². The van der Waals surface area contributed by atoms with Gasteiger partial charge in [-0.3, -0.25) is 4.79 Å². The van der Waals surface area contributed by atoms with Crippen molar-refractivity contribution >= 4 is 27.5 Å². The number of hydrogen-bond acceptors (Lipinski definition) is 5. The van der Waals surface area contributed by atoms with Crippen LogP contribution < -0.4 is 0 Å². The van der Waals surface area contributed by atoms with E-state index >= 15 is 0 Å². The van der Waals surface area contributed by atoms with Crippen LogP contribution in [-0.4, -0.2) is 88.0 Å². The molecular weight excluding hydrogens is 390 g/mol. The lowest BCUT2D eigenvalue weighted by Crippen LogP contribution is -2.44. The van der Waals surface area contributed by atoms with E-state index < -0.39 is 10.0 Å². The Labute approximate surface area is 165 Å². The minimum absolute atomic E-state index is 0.0197. The number of ether oxygens (including phenoxy) is 1. The standard InChI is InChI=1S/C18H26ClN3O4S/c1-20-7-5-15(6-8-20)21(2)18(23)14-3-4-16(19)17(13-14)27(24,25)22-9-11-26-12-10-22/h3-4,13,15H,5-12H2,1-2H3. The number of nitrogens with zero attached hydrogens (tertiary/aromatic N) is 3. The number of carbonyl (C=O) groups is 1. The number of hydrogen-bond donors (Lipinski definition) is 0. The van der Waals surface area contributed by atoms with Crippen molar-refractivity contribution in [1.29, 1.82) is 0 Å². The minimum Gasteiger partial charge on any atom is -0.379 e. The zero-order chi connectivity index (χ0) is 19.6. The Kier molecular flexibility index (Phi) is 6.43. The summed E-state index contributed by atoms with van der Waals surface area (Å²) in [6, 6.07) is 4.64. The summed E-state index contributed by atoms with van der Waals surface area (Å²) in [5.41, 5.74) is 0.340. The lowest BCUT2D eigenvalue weighted by atomic mass is 10.0. The normalized spacial score (nSPS) is 20.6. The van der Waals surface area contributed by atoms with Crippen molar-refractivity contribution in [3.63, 3.8) is 0 Å². The molecule has 1 amide bonds. The molecule has 150 valence electrons. The third-order valence-electron chi connectivity index (χ3n) is 5.32. The smallest absolute Gasteiger partial charge is 0.253 e.